The fourth-order valence-corrected chi connectivity index (χ4v) is 5.01. The third-order valence-electron chi connectivity index (χ3n) is 8.26. The van der Waals surface area contributed by atoms with Crippen LogP contribution in [0.2, 0.25) is 0 Å². The number of halogens is 26. The van der Waals surface area contributed by atoms with E-state index in [1.54, 1.807) is 0 Å². The van der Waals surface area contributed by atoms with Crippen molar-refractivity contribution < 1.29 is 133 Å². The van der Waals surface area contributed by atoms with Crippen LogP contribution in [0, 0.1) is 11.3 Å². The van der Waals surface area contributed by atoms with Crippen LogP contribution in [-0.4, -0.2) is 96.0 Å². The average molecular weight is 910 g/mol. The predicted octanol–water partition coefficient (Wildman–Crippen LogP) is 10.6. The van der Waals surface area contributed by atoms with Crippen molar-refractivity contribution in [1.29, 1.82) is 0 Å². The molecule has 340 valence electrons. The Morgan fingerprint density at radius 1 is 0.474 bits per heavy atom. The first kappa shape index (κ1) is 53.7. The molecule has 0 fully saturated rings. The molecule has 2 amide bonds. The highest BCUT2D eigenvalue weighted by atomic mass is 19.4. The first-order valence-electron chi connectivity index (χ1n) is 14.2. The third-order valence-corrected chi connectivity index (χ3v) is 8.26. The van der Waals surface area contributed by atoms with E-state index in [0.29, 0.717) is 6.92 Å². The van der Waals surface area contributed by atoms with Gasteiger partial charge in [0, 0.05) is 5.41 Å². The van der Waals surface area contributed by atoms with Crippen molar-refractivity contribution in [2.24, 2.45) is 22.8 Å². The molecule has 6 nitrogen and oxygen atoms in total. The second kappa shape index (κ2) is 15.1. The fraction of sp³-hybridized carbons (Fsp3) is 0.920. The van der Waals surface area contributed by atoms with Gasteiger partial charge in [0.25, 0.3) is 0 Å². The molecular weight excluding hydrogens is 886 g/mol. The summed E-state index contributed by atoms with van der Waals surface area (Å²) < 4.78 is 369. The Balaban J connectivity index is 8.23. The number of carbonyl (C=O) groups is 2. The lowest BCUT2D eigenvalue weighted by atomic mass is 9.63. The highest BCUT2D eigenvalue weighted by Gasteiger charge is 2.93. The molecule has 0 aliphatic rings. The van der Waals surface area contributed by atoms with Gasteiger partial charge < -0.3 is 20.9 Å². The van der Waals surface area contributed by atoms with Gasteiger partial charge in [0.1, 0.15) is 5.60 Å². The van der Waals surface area contributed by atoms with Crippen molar-refractivity contribution in [3.05, 3.63) is 0 Å². The minimum Gasteiger partial charge on any atom is -0.450 e. The molecule has 4 N–H and O–H groups in total. The van der Waals surface area contributed by atoms with Gasteiger partial charge in [-0.05, 0) is 18.8 Å². The molecule has 0 saturated heterocycles. The lowest BCUT2D eigenvalue weighted by molar-refractivity contribution is -0.445. The topological polar surface area (TPSA) is 105 Å². The highest BCUT2D eigenvalue weighted by Crippen LogP contribution is 2.65. The van der Waals surface area contributed by atoms with Crippen LogP contribution in [0.1, 0.15) is 46.5 Å². The number of alkyl halides is 26. The number of hydrogen-bond acceptors (Lipinski definition) is 4. The van der Waals surface area contributed by atoms with Crippen LogP contribution in [0.5, 0.6) is 0 Å². The number of hydrogen-bond donors (Lipinski definition) is 2. The van der Waals surface area contributed by atoms with E-state index in [2.05, 4.69) is 20.9 Å². The monoisotopic (exact) mass is 910 g/mol. The molecule has 0 aliphatic heterocycles. The van der Waals surface area contributed by atoms with Crippen LogP contribution < -0.4 is 11.5 Å². The minimum absolute atomic E-state index is 0.0983. The summed E-state index contributed by atoms with van der Waals surface area (Å²) >= 11 is 0. The average Bonchev–Trinajstić information content (AvgIpc) is 2.93. The van der Waals surface area contributed by atoms with Crippen LogP contribution in [0.15, 0.2) is 0 Å². The second-order valence-corrected chi connectivity index (χ2v) is 12.9. The highest BCUT2D eigenvalue weighted by molar-refractivity contribution is 5.65. The molecule has 1 unspecified atom stereocenters. The van der Waals surface area contributed by atoms with Gasteiger partial charge in [-0.1, -0.05) is 20.8 Å². The Morgan fingerprint density at radius 2 is 0.754 bits per heavy atom. The maximum Gasteiger partial charge on any atom is 0.460 e. The zero-order valence-corrected chi connectivity index (χ0v) is 27.7. The standard InChI is InChI=1S/C25H24F26N2O4/c1-9(4-5-56-10(52)54)6-12(2,3)13(57-11(53)55,7-14(26,27)16(30,31)18(34,35)20(38,39)22(42,43)24(46,47)48)8-15(28,29)17(32,33)19(36,37)21(40,41)23(44,45)25(49,50)51/h9H,4-8H2,1-3H3,(H2,52,54)(H2,53,55). The van der Waals surface area contributed by atoms with Crippen molar-refractivity contribution in [2.45, 2.75) is 124 Å². The van der Waals surface area contributed by atoms with Crippen LogP contribution in [0.4, 0.5) is 124 Å². The van der Waals surface area contributed by atoms with E-state index in [-0.39, 0.29) is 13.8 Å². The number of amides is 2. The first-order chi connectivity index (χ1) is 24.4. The molecular formula is C25H24F26N2O4. The van der Waals surface area contributed by atoms with Gasteiger partial charge in [-0.3, -0.25) is 0 Å². The second-order valence-electron chi connectivity index (χ2n) is 12.9. The van der Waals surface area contributed by atoms with E-state index in [0.717, 1.165) is 0 Å². The molecule has 0 saturated carbocycles. The Kier molecular flexibility index (Phi) is 14.2. The molecule has 0 aliphatic carbocycles. The van der Waals surface area contributed by atoms with Gasteiger partial charge in [-0.15, -0.1) is 0 Å². The van der Waals surface area contributed by atoms with Crippen molar-refractivity contribution in [3.63, 3.8) is 0 Å². The summed E-state index contributed by atoms with van der Waals surface area (Å²) in [6, 6.07) is 0. The Morgan fingerprint density at radius 3 is 1.00 bits per heavy atom. The Labute approximate surface area is 299 Å². The van der Waals surface area contributed by atoms with E-state index >= 15 is 17.6 Å². The predicted molar refractivity (Wildman–Crippen MR) is 132 cm³/mol. The summed E-state index contributed by atoms with van der Waals surface area (Å²) in [6.07, 6.45) is -32.0. The van der Waals surface area contributed by atoms with E-state index < -0.39 is 133 Å². The molecule has 0 aromatic rings. The maximum atomic E-state index is 15.3. The third kappa shape index (κ3) is 8.86. The van der Waals surface area contributed by atoms with E-state index in [1.165, 1.54) is 0 Å². The molecule has 1 atom stereocenters. The quantitative estimate of drug-likeness (QED) is 0.126. The molecule has 0 spiro atoms. The summed E-state index contributed by atoms with van der Waals surface area (Å²) in [5.74, 6) is -86.4. The molecule has 32 heteroatoms. The molecule has 0 heterocycles. The zero-order chi connectivity index (χ0) is 46.7. The summed E-state index contributed by atoms with van der Waals surface area (Å²) in [7, 11) is 0. The number of primary amides is 2. The number of ether oxygens (including phenoxy) is 2. The fourth-order valence-electron chi connectivity index (χ4n) is 5.01. The summed E-state index contributed by atoms with van der Waals surface area (Å²) in [5, 5.41) is 0. The smallest absolute Gasteiger partial charge is 0.450 e. The van der Waals surface area contributed by atoms with Crippen molar-refractivity contribution in [2.75, 3.05) is 6.61 Å². The Bertz CT molecular complexity index is 1360. The summed E-state index contributed by atoms with van der Waals surface area (Å²) in [4.78, 5) is 22.5. The molecule has 0 radical (unpaired) electrons. The minimum atomic E-state index is -8.81. The van der Waals surface area contributed by atoms with Gasteiger partial charge in [-0.2, -0.15) is 114 Å². The van der Waals surface area contributed by atoms with Gasteiger partial charge in [0.2, 0.25) is 0 Å². The van der Waals surface area contributed by atoms with Crippen molar-refractivity contribution in [1.82, 2.24) is 0 Å². The maximum absolute atomic E-state index is 15.3. The van der Waals surface area contributed by atoms with Crippen LogP contribution >= 0.6 is 0 Å². The van der Waals surface area contributed by atoms with E-state index in [9.17, 15) is 106 Å². The van der Waals surface area contributed by atoms with Crippen LogP contribution in [-0.2, 0) is 9.47 Å². The van der Waals surface area contributed by atoms with E-state index in [4.69, 9.17) is 0 Å². The molecule has 0 bridgehead atoms. The van der Waals surface area contributed by atoms with Crippen molar-refractivity contribution in [3.8, 4) is 0 Å². The Hall–Kier alpha value is -3.28. The number of nitrogens with two attached hydrogens (primary N) is 2. The molecule has 57 heavy (non-hydrogen) atoms. The number of rotatable bonds is 19. The van der Waals surface area contributed by atoms with E-state index in [1.807, 2.05) is 0 Å². The summed E-state index contributed by atoms with van der Waals surface area (Å²) in [6.45, 7) is -0.484. The van der Waals surface area contributed by atoms with Crippen LogP contribution in [0.25, 0.3) is 0 Å². The van der Waals surface area contributed by atoms with Crippen LogP contribution in [0.3, 0.4) is 0 Å². The lowest BCUT2D eigenvalue weighted by Gasteiger charge is -2.51. The normalized spacial score (nSPS) is 16.4. The first-order valence-corrected chi connectivity index (χ1v) is 14.2. The molecule has 0 rings (SSSR count). The SMILES string of the molecule is CC(CCOC(N)=O)CC(C)(C)C(CC(F)(F)C(F)(F)C(F)(F)C(F)(F)C(F)(F)C(F)(F)F)(CC(F)(F)C(F)(F)C(F)(F)C(F)(F)C(F)(F)C(F)(F)F)OC(N)=O. The lowest BCUT2D eigenvalue weighted by Crippen LogP contribution is -2.72. The zero-order valence-electron chi connectivity index (χ0n) is 27.7. The molecule has 0 aromatic heterocycles. The van der Waals surface area contributed by atoms with Gasteiger partial charge in [0.05, 0.1) is 19.4 Å². The number of carbonyl (C=O) groups excluding carboxylic acids is 2. The van der Waals surface area contributed by atoms with Gasteiger partial charge >= 0.3 is 83.8 Å². The van der Waals surface area contributed by atoms with Crippen molar-refractivity contribution >= 4 is 12.2 Å². The van der Waals surface area contributed by atoms with Gasteiger partial charge in [0.15, 0.2) is 0 Å². The van der Waals surface area contributed by atoms with Gasteiger partial charge in [-0.25, -0.2) is 9.59 Å². The largest absolute Gasteiger partial charge is 0.460 e. The molecule has 0 aromatic carbocycles. The summed E-state index contributed by atoms with van der Waals surface area (Å²) in [5.41, 5.74) is -0.0883.